The van der Waals surface area contributed by atoms with Gasteiger partial charge in [0, 0.05) is 24.3 Å². The summed E-state index contributed by atoms with van der Waals surface area (Å²) in [6.45, 7) is 1.82. The number of halogens is 4. The number of imidazole rings is 1. The van der Waals surface area contributed by atoms with Crippen molar-refractivity contribution in [2.24, 2.45) is 5.92 Å². The van der Waals surface area contributed by atoms with E-state index >= 15 is 0 Å². The van der Waals surface area contributed by atoms with Crippen LogP contribution in [0.2, 0.25) is 0 Å². The molecule has 0 bridgehead atoms. The van der Waals surface area contributed by atoms with Gasteiger partial charge in [0.1, 0.15) is 5.82 Å². The second-order valence-electron chi connectivity index (χ2n) is 8.60. The van der Waals surface area contributed by atoms with Crippen LogP contribution in [0, 0.1) is 11.7 Å². The lowest BCUT2D eigenvalue weighted by Gasteiger charge is -2.28. The van der Waals surface area contributed by atoms with Crippen molar-refractivity contribution in [3.05, 3.63) is 48.7 Å². The second-order valence-corrected chi connectivity index (χ2v) is 8.60. The molecular formula is C24H27F4N5. The zero-order valence-corrected chi connectivity index (χ0v) is 18.4. The molecule has 1 N–H and O–H groups in total. The van der Waals surface area contributed by atoms with Gasteiger partial charge in [-0.25, -0.2) is 19.3 Å². The first-order valence-corrected chi connectivity index (χ1v) is 11.3. The molecule has 4 rings (SSSR count). The molecule has 0 spiro atoms. The molecule has 0 unspecified atom stereocenters. The van der Waals surface area contributed by atoms with E-state index in [1.54, 1.807) is 24.4 Å². The molecule has 1 aromatic carbocycles. The standard InChI is InChI=1S/C24H27F4N5/c1-16(17-5-3-2-4-6-17)31-23-29-13-11-20(32-23)22-21(18-7-9-19(25)10-8-18)30-15-33(22)14-12-24(26,27)28/h7-11,13,15-17H,2-6,12,14H2,1H3,(H,29,31,32)/t16-/m0/s1. The summed E-state index contributed by atoms with van der Waals surface area (Å²) in [5.74, 6) is 0.569. The summed E-state index contributed by atoms with van der Waals surface area (Å²) >= 11 is 0. The molecule has 0 aliphatic heterocycles. The number of hydrogen-bond donors (Lipinski definition) is 1. The Bertz CT molecular complexity index is 1060. The zero-order valence-electron chi connectivity index (χ0n) is 18.4. The van der Waals surface area contributed by atoms with Crippen molar-refractivity contribution < 1.29 is 17.6 Å². The summed E-state index contributed by atoms with van der Waals surface area (Å²) in [4.78, 5) is 13.3. The van der Waals surface area contributed by atoms with Gasteiger partial charge in [-0.3, -0.25) is 0 Å². The van der Waals surface area contributed by atoms with Gasteiger partial charge in [0.25, 0.3) is 0 Å². The topological polar surface area (TPSA) is 55.6 Å². The van der Waals surface area contributed by atoms with E-state index in [1.165, 1.54) is 42.3 Å². The van der Waals surface area contributed by atoms with Gasteiger partial charge in [-0.2, -0.15) is 13.2 Å². The number of hydrogen-bond acceptors (Lipinski definition) is 4. The fourth-order valence-corrected chi connectivity index (χ4v) is 4.40. The largest absolute Gasteiger partial charge is 0.390 e. The van der Waals surface area contributed by atoms with Crippen molar-refractivity contribution in [3.8, 4) is 22.6 Å². The average Bonchev–Trinajstić information content (AvgIpc) is 3.22. The molecule has 1 atom stereocenters. The highest BCUT2D eigenvalue weighted by Crippen LogP contribution is 2.33. The molecule has 9 heteroatoms. The van der Waals surface area contributed by atoms with Crippen LogP contribution in [0.4, 0.5) is 23.5 Å². The summed E-state index contributed by atoms with van der Waals surface area (Å²) in [5.41, 5.74) is 1.95. The van der Waals surface area contributed by atoms with Gasteiger partial charge in [-0.15, -0.1) is 0 Å². The SMILES string of the molecule is C[C@H](Nc1nccc(-c2c(-c3ccc(F)cc3)ncn2CCC(F)(F)F)n1)C1CCCCC1. The number of alkyl halides is 3. The maximum absolute atomic E-state index is 13.4. The van der Waals surface area contributed by atoms with E-state index < -0.39 is 18.4 Å². The molecule has 2 aromatic heterocycles. The van der Waals surface area contributed by atoms with E-state index in [0.717, 1.165) is 12.8 Å². The van der Waals surface area contributed by atoms with Crippen molar-refractivity contribution in [1.29, 1.82) is 0 Å². The molecule has 0 saturated heterocycles. The van der Waals surface area contributed by atoms with E-state index in [-0.39, 0.29) is 12.6 Å². The van der Waals surface area contributed by atoms with Crippen LogP contribution in [0.1, 0.15) is 45.4 Å². The lowest BCUT2D eigenvalue weighted by atomic mass is 9.85. The zero-order chi connectivity index (χ0) is 23.4. The highest BCUT2D eigenvalue weighted by atomic mass is 19.4. The van der Waals surface area contributed by atoms with Crippen LogP contribution >= 0.6 is 0 Å². The van der Waals surface area contributed by atoms with Crippen LogP contribution in [0.3, 0.4) is 0 Å². The smallest absolute Gasteiger partial charge is 0.351 e. The lowest BCUT2D eigenvalue weighted by Crippen LogP contribution is -2.28. The Labute approximate surface area is 190 Å². The molecule has 1 fully saturated rings. The van der Waals surface area contributed by atoms with Gasteiger partial charge in [-0.05, 0) is 56.0 Å². The summed E-state index contributed by atoms with van der Waals surface area (Å²) in [5, 5.41) is 3.37. The molecule has 1 aliphatic rings. The average molecular weight is 462 g/mol. The number of rotatable bonds is 7. The Morgan fingerprint density at radius 3 is 2.48 bits per heavy atom. The predicted octanol–water partition coefficient (Wildman–Crippen LogP) is 6.48. The van der Waals surface area contributed by atoms with Crippen LogP contribution in [0.25, 0.3) is 22.6 Å². The van der Waals surface area contributed by atoms with Crippen LogP contribution in [0.5, 0.6) is 0 Å². The van der Waals surface area contributed by atoms with Crippen LogP contribution < -0.4 is 5.32 Å². The van der Waals surface area contributed by atoms with E-state index in [9.17, 15) is 17.6 Å². The van der Waals surface area contributed by atoms with E-state index in [0.29, 0.717) is 34.5 Å². The van der Waals surface area contributed by atoms with Crippen molar-refractivity contribution >= 4 is 5.95 Å². The van der Waals surface area contributed by atoms with Gasteiger partial charge >= 0.3 is 6.18 Å². The number of nitrogens with zero attached hydrogens (tertiary/aromatic N) is 4. The quantitative estimate of drug-likeness (QED) is 0.409. The minimum atomic E-state index is -4.30. The van der Waals surface area contributed by atoms with Crippen molar-refractivity contribution in [3.63, 3.8) is 0 Å². The number of benzene rings is 1. The Morgan fingerprint density at radius 2 is 1.79 bits per heavy atom. The molecule has 0 amide bonds. The first-order chi connectivity index (χ1) is 15.8. The second kappa shape index (κ2) is 9.89. The monoisotopic (exact) mass is 461 g/mol. The predicted molar refractivity (Wildman–Crippen MR) is 119 cm³/mol. The van der Waals surface area contributed by atoms with Crippen LogP contribution in [-0.2, 0) is 6.54 Å². The van der Waals surface area contributed by atoms with E-state index in [1.807, 2.05) is 0 Å². The molecule has 3 aromatic rings. The van der Waals surface area contributed by atoms with Crippen LogP contribution in [0.15, 0.2) is 42.9 Å². The number of aryl methyl sites for hydroxylation is 1. The summed E-state index contributed by atoms with van der Waals surface area (Å²) in [6.07, 6.45) is 3.70. The summed E-state index contributed by atoms with van der Waals surface area (Å²) in [6, 6.07) is 7.55. The number of nitrogens with one attached hydrogen (secondary N) is 1. The van der Waals surface area contributed by atoms with Gasteiger partial charge in [0.15, 0.2) is 0 Å². The van der Waals surface area contributed by atoms with Gasteiger partial charge < -0.3 is 9.88 Å². The maximum atomic E-state index is 13.4. The molecule has 33 heavy (non-hydrogen) atoms. The fourth-order valence-electron chi connectivity index (χ4n) is 4.40. The highest BCUT2D eigenvalue weighted by Gasteiger charge is 2.28. The van der Waals surface area contributed by atoms with Gasteiger partial charge in [-0.1, -0.05) is 19.3 Å². The maximum Gasteiger partial charge on any atom is 0.390 e. The molecule has 176 valence electrons. The Kier molecular flexibility index (Phi) is 6.95. The fraction of sp³-hybridized carbons (Fsp3) is 0.458. The Hall–Kier alpha value is -2.97. The normalized spacial score (nSPS) is 16.0. The molecule has 2 heterocycles. The van der Waals surface area contributed by atoms with Crippen LogP contribution in [-0.4, -0.2) is 31.7 Å². The van der Waals surface area contributed by atoms with Gasteiger partial charge in [0.2, 0.25) is 5.95 Å². The minimum Gasteiger partial charge on any atom is -0.351 e. The van der Waals surface area contributed by atoms with E-state index in [4.69, 9.17) is 0 Å². The molecule has 1 aliphatic carbocycles. The summed E-state index contributed by atoms with van der Waals surface area (Å²) in [7, 11) is 0. The Balaban J connectivity index is 1.66. The third-order valence-corrected chi connectivity index (χ3v) is 6.20. The van der Waals surface area contributed by atoms with Crippen molar-refractivity contribution in [2.75, 3.05) is 5.32 Å². The van der Waals surface area contributed by atoms with Crippen molar-refractivity contribution in [2.45, 2.75) is 64.2 Å². The third kappa shape index (κ3) is 5.89. The van der Waals surface area contributed by atoms with Gasteiger partial charge in [0.05, 0.1) is 29.8 Å². The first kappa shape index (κ1) is 23.2. The molecule has 1 saturated carbocycles. The highest BCUT2D eigenvalue weighted by molar-refractivity contribution is 5.77. The van der Waals surface area contributed by atoms with E-state index in [2.05, 4.69) is 27.2 Å². The first-order valence-electron chi connectivity index (χ1n) is 11.3. The minimum absolute atomic E-state index is 0.187. The van der Waals surface area contributed by atoms with Crippen molar-refractivity contribution in [1.82, 2.24) is 19.5 Å². The molecular weight excluding hydrogens is 434 g/mol. The Morgan fingerprint density at radius 1 is 1.06 bits per heavy atom. The number of anilines is 1. The molecule has 0 radical (unpaired) electrons. The molecule has 5 nitrogen and oxygen atoms in total. The third-order valence-electron chi connectivity index (χ3n) is 6.20. The lowest BCUT2D eigenvalue weighted by molar-refractivity contribution is -0.136. The number of aromatic nitrogens is 4. The summed E-state index contributed by atoms with van der Waals surface area (Å²) < 4.78 is 53.6.